The fourth-order valence-corrected chi connectivity index (χ4v) is 2.41. The largest absolute Gasteiger partial charge is 0.492 e. The second kappa shape index (κ2) is 8.66. The van der Waals surface area contributed by atoms with Gasteiger partial charge in [-0.1, -0.05) is 12.1 Å². The van der Waals surface area contributed by atoms with E-state index in [9.17, 15) is 9.59 Å². The lowest BCUT2D eigenvalue weighted by molar-refractivity contribution is 0.0943. The number of carbonyl (C=O) groups excluding carboxylic acids is 2. The minimum atomic E-state index is -0.393. The maximum absolute atomic E-state index is 12.5. The number of aromatic nitrogens is 1. The van der Waals surface area contributed by atoms with Crippen LogP contribution in [0, 0.1) is 0 Å². The molecule has 0 aliphatic rings. The first kappa shape index (κ1) is 18.2. The van der Waals surface area contributed by atoms with E-state index in [1.54, 1.807) is 36.4 Å². The number of pyridine rings is 1. The van der Waals surface area contributed by atoms with Crippen LogP contribution in [0.3, 0.4) is 0 Å². The van der Waals surface area contributed by atoms with E-state index in [0.29, 0.717) is 29.4 Å². The van der Waals surface area contributed by atoms with Crippen LogP contribution in [0.25, 0.3) is 0 Å². The van der Waals surface area contributed by atoms with E-state index in [2.05, 4.69) is 15.6 Å². The van der Waals surface area contributed by atoms with Gasteiger partial charge in [0.2, 0.25) is 0 Å². The molecule has 2 aromatic heterocycles. The molecule has 3 rings (SSSR count). The summed E-state index contributed by atoms with van der Waals surface area (Å²) in [5, 5.41) is 5.49. The quantitative estimate of drug-likeness (QED) is 0.670. The van der Waals surface area contributed by atoms with Gasteiger partial charge < -0.3 is 19.8 Å². The number of rotatable bonds is 7. The standard InChI is InChI=1S/C20H19N3O4/c1-2-26-18-8-4-3-7-16(18)23-19(24)14-9-10-21-17(12-14)20(25)22-13-15-6-5-11-27-15/h3-12H,2,13H2,1H3,(H,22,25)(H,23,24). The Kier molecular flexibility index (Phi) is 5.84. The monoisotopic (exact) mass is 365 g/mol. The molecule has 0 bridgehead atoms. The second-order valence-corrected chi connectivity index (χ2v) is 5.58. The van der Waals surface area contributed by atoms with Crippen molar-refractivity contribution in [3.05, 3.63) is 78.0 Å². The van der Waals surface area contributed by atoms with E-state index in [0.717, 1.165) is 0 Å². The molecule has 0 fully saturated rings. The summed E-state index contributed by atoms with van der Waals surface area (Å²) in [5.74, 6) is 0.462. The summed E-state index contributed by atoms with van der Waals surface area (Å²) in [6.07, 6.45) is 2.95. The van der Waals surface area contributed by atoms with Crippen molar-refractivity contribution in [2.75, 3.05) is 11.9 Å². The molecule has 2 amide bonds. The highest BCUT2D eigenvalue weighted by Crippen LogP contribution is 2.24. The van der Waals surface area contributed by atoms with Gasteiger partial charge in [-0.3, -0.25) is 14.6 Å². The molecule has 0 saturated carbocycles. The number of para-hydroxylation sites is 2. The number of benzene rings is 1. The van der Waals surface area contributed by atoms with E-state index in [1.165, 1.54) is 18.5 Å². The van der Waals surface area contributed by atoms with Crippen molar-refractivity contribution >= 4 is 17.5 Å². The second-order valence-electron chi connectivity index (χ2n) is 5.58. The molecule has 0 aliphatic carbocycles. The number of hydrogen-bond donors (Lipinski definition) is 2. The van der Waals surface area contributed by atoms with Crippen molar-refractivity contribution in [3.63, 3.8) is 0 Å². The first-order valence-electron chi connectivity index (χ1n) is 8.47. The number of amides is 2. The number of nitrogens with one attached hydrogen (secondary N) is 2. The Morgan fingerprint density at radius 2 is 1.96 bits per heavy atom. The molecule has 27 heavy (non-hydrogen) atoms. The Hall–Kier alpha value is -3.61. The van der Waals surface area contributed by atoms with Crippen molar-refractivity contribution < 1.29 is 18.7 Å². The van der Waals surface area contributed by atoms with Crippen LogP contribution in [0.5, 0.6) is 5.75 Å². The molecule has 0 saturated heterocycles. The van der Waals surface area contributed by atoms with Crippen LogP contribution >= 0.6 is 0 Å². The van der Waals surface area contributed by atoms with Crippen molar-refractivity contribution in [1.82, 2.24) is 10.3 Å². The maximum Gasteiger partial charge on any atom is 0.270 e. The Labute approximate surface area is 156 Å². The predicted molar refractivity (Wildman–Crippen MR) is 99.7 cm³/mol. The topological polar surface area (TPSA) is 93.5 Å². The van der Waals surface area contributed by atoms with Gasteiger partial charge in [-0.2, -0.15) is 0 Å². The normalized spacial score (nSPS) is 10.3. The van der Waals surface area contributed by atoms with Crippen molar-refractivity contribution in [2.45, 2.75) is 13.5 Å². The first-order chi connectivity index (χ1) is 13.2. The minimum absolute atomic E-state index is 0.146. The highest BCUT2D eigenvalue weighted by molar-refractivity contribution is 6.06. The third kappa shape index (κ3) is 4.72. The predicted octanol–water partition coefficient (Wildman–Crippen LogP) is 3.26. The Bertz CT molecular complexity index is 922. The molecule has 2 N–H and O–H groups in total. The van der Waals surface area contributed by atoms with E-state index < -0.39 is 5.91 Å². The number of hydrogen-bond acceptors (Lipinski definition) is 5. The van der Waals surface area contributed by atoms with Gasteiger partial charge in [-0.15, -0.1) is 0 Å². The lowest BCUT2D eigenvalue weighted by Crippen LogP contribution is -2.24. The van der Waals surface area contributed by atoms with E-state index in [4.69, 9.17) is 9.15 Å². The average molecular weight is 365 g/mol. The zero-order valence-electron chi connectivity index (χ0n) is 14.8. The minimum Gasteiger partial charge on any atom is -0.492 e. The fraction of sp³-hybridized carbons (Fsp3) is 0.150. The van der Waals surface area contributed by atoms with Crippen LogP contribution in [0.2, 0.25) is 0 Å². The lowest BCUT2D eigenvalue weighted by atomic mass is 10.2. The van der Waals surface area contributed by atoms with Gasteiger partial charge in [0.1, 0.15) is 17.2 Å². The molecular formula is C20H19N3O4. The number of anilines is 1. The van der Waals surface area contributed by atoms with E-state index in [1.807, 2.05) is 13.0 Å². The van der Waals surface area contributed by atoms with Gasteiger partial charge in [0.25, 0.3) is 11.8 Å². The summed E-state index contributed by atoms with van der Waals surface area (Å²) >= 11 is 0. The summed E-state index contributed by atoms with van der Waals surface area (Å²) in [6.45, 7) is 2.60. The van der Waals surface area contributed by atoms with Gasteiger partial charge in [-0.05, 0) is 43.3 Å². The molecule has 0 radical (unpaired) electrons. The summed E-state index contributed by atoms with van der Waals surface area (Å²) < 4.78 is 10.7. The number of ether oxygens (including phenoxy) is 1. The average Bonchev–Trinajstić information content (AvgIpc) is 3.21. The van der Waals surface area contributed by atoms with Crippen LogP contribution in [0.4, 0.5) is 5.69 Å². The molecule has 7 nitrogen and oxygen atoms in total. The molecule has 0 spiro atoms. The molecule has 3 aromatic rings. The summed E-state index contributed by atoms with van der Waals surface area (Å²) in [7, 11) is 0. The van der Waals surface area contributed by atoms with Gasteiger partial charge in [0.15, 0.2) is 0 Å². The zero-order valence-corrected chi connectivity index (χ0v) is 14.8. The molecule has 0 atom stereocenters. The number of furan rings is 1. The van der Waals surface area contributed by atoms with Gasteiger partial charge in [0, 0.05) is 11.8 Å². The molecule has 7 heteroatoms. The first-order valence-corrected chi connectivity index (χ1v) is 8.47. The highest BCUT2D eigenvalue weighted by atomic mass is 16.5. The summed E-state index contributed by atoms with van der Waals surface area (Å²) in [4.78, 5) is 28.8. The van der Waals surface area contributed by atoms with Crippen LogP contribution in [0.1, 0.15) is 33.5 Å². The smallest absolute Gasteiger partial charge is 0.270 e. The number of nitrogens with zero attached hydrogens (tertiary/aromatic N) is 1. The fourth-order valence-electron chi connectivity index (χ4n) is 2.41. The molecule has 0 aliphatic heterocycles. The third-order valence-electron chi connectivity index (χ3n) is 3.69. The highest BCUT2D eigenvalue weighted by Gasteiger charge is 2.14. The SMILES string of the molecule is CCOc1ccccc1NC(=O)c1ccnc(C(=O)NCc2ccco2)c1. The Balaban J connectivity index is 1.69. The van der Waals surface area contributed by atoms with Gasteiger partial charge in [0.05, 0.1) is 25.1 Å². The summed E-state index contributed by atoms with van der Waals surface area (Å²) in [6, 6.07) is 13.6. The Morgan fingerprint density at radius 3 is 2.74 bits per heavy atom. The van der Waals surface area contributed by atoms with Gasteiger partial charge in [-0.25, -0.2) is 0 Å². The zero-order chi connectivity index (χ0) is 19.1. The summed E-state index contributed by atoms with van der Waals surface area (Å²) in [5.41, 5.74) is 1.02. The molecule has 1 aromatic carbocycles. The van der Waals surface area contributed by atoms with E-state index in [-0.39, 0.29) is 18.1 Å². The van der Waals surface area contributed by atoms with Gasteiger partial charge >= 0.3 is 0 Å². The van der Waals surface area contributed by atoms with Crippen molar-refractivity contribution in [2.24, 2.45) is 0 Å². The van der Waals surface area contributed by atoms with Crippen LogP contribution in [0.15, 0.2) is 65.4 Å². The van der Waals surface area contributed by atoms with E-state index >= 15 is 0 Å². The van der Waals surface area contributed by atoms with Crippen LogP contribution in [-0.2, 0) is 6.54 Å². The molecular weight excluding hydrogens is 346 g/mol. The molecule has 2 heterocycles. The van der Waals surface area contributed by atoms with Crippen LogP contribution in [-0.4, -0.2) is 23.4 Å². The van der Waals surface area contributed by atoms with Crippen molar-refractivity contribution in [1.29, 1.82) is 0 Å². The lowest BCUT2D eigenvalue weighted by Gasteiger charge is -2.11. The third-order valence-corrected chi connectivity index (χ3v) is 3.69. The van der Waals surface area contributed by atoms with Crippen LogP contribution < -0.4 is 15.4 Å². The Morgan fingerprint density at radius 1 is 1.11 bits per heavy atom. The maximum atomic E-state index is 12.5. The molecule has 0 unspecified atom stereocenters. The van der Waals surface area contributed by atoms with Crippen molar-refractivity contribution in [3.8, 4) is 5.75 Å². The number of carbonyl (C=O) groups is 2. The molecule has 138 valence electrons.